The Labute approximate surface area is 139 Å². The molecule has 1 aromatic heterocycles. The fourth-order valence-electron chi connectivity index (χ4n) is 4.22. The first-order chi connectivity index (χ1) is 11.3. The van der Waals surface area contributed by atoms with Crippen molar-refractivity contribution in [3.63, 3.8) is 0 Å². The Kier molecular flexibility index (Phi) is 4.43. The lowest BCUT2D eigenvalue weighted by molar-refractivity contribution is 0.245. The molecule has 2 aliphatic carbocycles. The Morgan fingerprint density at radius 1 is 1.13 bits per heavy atom. The molecule has 4 rings (SSSR count). The van der Waals surface area contributed by atoms with Crippen molar-refractivity contribution >= 4 is 5.82 Å². The second kappa shape index (κ2) is 6.68. The van der Waals surface area contributed by atoms with Crippen LogP contribution >= 0.6 is 0 Å². The highest BCUT2D eigenvalue weighted by atomic mass is 16.5. The standard InChI is InChI=1S/C19H29N3O/c1-6-19(8-9-19)7-2-15(1)3-10-20-12-13-22-18-16-5-14-23-17(16)4-11-21-18/h4,11,15,20H,1-3,5-10,12-14H2,(H,21,22). The summed E-state index contributed by atoms with van der Waals surface area (Å²) >= 11 is 0. The van der Waals surface area contributed by atoms with E-state index in [0.29, 0.717) is 0 Å². The van der Waals surface area contributed by atoms with E-state index < -0.39 is 0 Å². The minimum Gasteiger partial charge on any atom is -0.493 e. The van der Waals surface area contributed by atoms with Gasteiger partial charge in [-0.3, -0.25) is 0 Å². The molecule has 2 heterocycles. The van der Waals surface area contributed by atoms with Gasteiger partial charge in [0.2, 0.25) is 0 Å². The molecule has 2 fully saturated rings. The van der Waals surface area contributed by atoms with Gasteiger partial charge in [-0.2, -0.15) is 0 Å². The summed E-state index contributed by atoms with van der Waals surface area (Å²) in [5.41, 5.74) is 2.07. The summed E-state index contributed by atoms with van der Waals surface area (Å²) in [6, 6.07) is 1.96. The minimum absolute atomic E-state index is 0.788. The van der Waals surface area contributed by atoms with Gasteiger partial charge in [0.25, 0.3) is 0 Å². The molecule has 0 unspecified atom stereocenters. The van der Waals surface area contributed by atoms with Crippen LogP contribution in [0.25, 0.3) is 0 Å². The molecule has 0 bridgehead atoms. The molecule has 1 aliphatic heterocycles. The molecule has 3 aliphatic rings. The Bertz CT molecular complexity index is 531. The average molecular weight is 315 g/mol. The average Bonchev–Trinajstić information content (AvgIpc) is 3.15. The van der Waals surface area contributed by atoms with Gasteiger partial charge < -0.3 is 15.4 Å². The summed E-state index contributed by atoms with van der Waals surface area (Å²) < 4.78 is 5.57. The SMILES string of the molecule is c1cc2c(c(NCCNCCC3CCC4(CC3)CC4)n1)CCO2. The third-order valence-corrected chi connectivity index (χ3v) is 6.07. The monoisotopic (exact) mass is 315 g/mol. The molecular weight excluding hydrogens is 286 g/mol. The highest BCUT2D eigenvalue weighted by Gasteiger charge is 2.44. The summed E-state index contributed by atoms with van der Waals surface area (Å²) in [5.74, 6) is 2.97. The number of nitrogens with zero attached hydrogens (tertiary/aromatic N) is 1. The van der Waals surface area contributed by atoms with Crippen molar-refractivity contribution in [1.82, 2.24) is 10.3 Å². The molecule has 2 N–H and O–H groups in total. The molecule has 0 saturated heterocycles. The van der Waals surface area contributed by atoms with Gasteiger partial charge in [-0.25, -0.2) is 4.98 Å². The zero-order valence-electron chi connectivity index (χ0n) is 14.1. The first-order valence-corrected chi connectivity index (χ1v) is 9.40. The predicted octanol–water partition coefficient (Wildman–Crippen LogP) is 3.38. The normalized spacial score (nSPS) is 21.9. The number of anilines is 1. The van der Waals surface area contributed by atoms with Crippen LogP contribution in [0.1, 0.15) is 50.5 Å². The highest BCUT2D eigenvalue weighted by Crippen LogP contribution is 2.57. The number of nitrogens with one attached hydrogen (secondary N) is 2. The fraction of sp³-hybridized carbons (Fsp3) is 0.737. The van der Waals surface area contributed by atoms with Crippen LogP contribution < -0.4 is 15.4 Å². The largest absolute Gasteiger partial charge is 0.493 e. The van der Waals surface area contributed by atoms with E-state index >= 15 is 0 Å². The van der Waals surface area contributed by atoms with Crippen LogP contribution in [0.4, 0.5) is 5.82 Å². The van der Waals surface area contributed by atoms with E-state index in [1.165, 1.54) is 50.5 Å². The van der Waals surface area contributed by atoms with E-state index in [1.54, 1.807) is 0 Å². The van der Waals surface area contributed by atoms with Crippen molar-refractivity contribution < 1.29 is 4.74 Å². The molecule has 0 radical (unpaired) electrons. The van der Waals surface area contributed by atoms with Gasteiger partial charge in [0.15, 0.2) is 0 Å². The zero-order chi connectivity index (χ0) is 15.5. The predicted molar refractivity (Wildman–Crippen MR) is 93.0 cm³/mol. The second-order valence-corrected chi connectivity index (χ2v) is 7.64. The molecule has 2 saturated carbocycles. The lowest BCUT2D eigenvalue weighted by Gasteiger charge is -2.28. The molecule has 0 atom stereocenters. The number of pyridine rings is 1. The van der Waals surface area contributed by atoms with Crippen molar-refractivity contribution in [3.8, 4) is 5.75 Å². The summed E-state index contributed by atoms with van der Waals surface area (Å²) in [4.78, 5) is 4.44. The van der Waals surface area contributed by atoms with Crippen molar-refractivity contribution in [2.24, 2.45) is 11.3 Å². The van der Waals surface area contributed by atoms with Gasteiger partial charge in [0.1, 0.15) is 11.6 Å². The molecule has 0 aromatic carbocycles. The van der Waals surface area contributed by atoms with Crippen LogP contribution in [-0.2, 0) is 6.42 Å². The van der Waals surface area contributed by atoms with Crippen LogP contribution in [-0.4, -0.2) is 31.2 Å². The molecule has 126 valence electrons. The van der Waals surface area contributed by atoms with Gasteiger partial charge in [0, 0.05) is 31.3 Å². The van der Waals surface area contributed by atoms with Crippen molar-refractivity contribution in [3.05, 3.63) is 17.8 Å². The summed E-state index contributed by atoms with van der Waals surface area (Å²) in [5, 5.41) is 7.03. The number of ether oxygens (including phenoxy) is 1. The van der Waals surface area contributed by atoms with Gasteiger partial charge in [-0.1, -0.05) is 0 Å². The Hall–Kier alpha value is -1.29. The van der Waals surface area contributed by atoms with Gasteiger partial charge in [0.05, 0.1) is 6.61 Å². The van der Waals surface area contributed by atoms with Crippen molar-refractivity contribution in [1.29, 1.82) is 0 Å². The Balaban J connectivity index is 1.10. The maximum atomic E-state index is 5.57. The fourth-order valence-corrected chi connectivity index (χ4v) is 4.22. The molecule has 4 nitrogen and oxygen atoms in total. The maximum Gasteiger partial charge on any atom is 0.133 e. The van der Waals surface area contributed by atoms with Crippen molar-refractivity contribution in [2.75, 3.05) is 31.6 Å². The van der Waals surface area contributed by atoms with Gasteiger partial charge in [-0.05, 0) is 68.9 Å². The maximum absolute atomic E-state index is 5.57. The van der Waals surface area contributed by atoms with E-state index in [2.05, 4.69) is 15.6 Å². The quantitative estimate of drug-likeness (QED) is 0.757. The van der Waals surface area contributed by atoms with Gasteiger partial charge in [-0.15, -0.1) is 0 Å². The van der Waals surface area contributed by atoms with E-state index in [-0.39, 0.29) is 0 Å². The van der Waals surface area contributed by atoms with E-state index in [0.717, 1.165) is 55.6 Å². The third kappa shape index (κ3) is 3.63. The summed E-state index contributed by atoms with van der Waals surface area (Å²) in [6.45, 7) is 3.87. The first-order valence-electron chi connectivity index (χ1n) is 9.40. The zero-order valence-corrected chi connectivity index (χ0v) is 14.1. The van der Waals surface area contributed by atoms with Crippen LogP contribution in [0, 0.1) is 11.3 Å². The number of aromatic nitrogens is 1. The summed E-state index contributed by atoms with van der Waals surface area (Å²) in [6.07, 6.45) is 13.1. The lowest BCUT2D eigenvalue weighted by Crippen LogP contribution is -2.26. The third-order valence-electron chi connectivity index (χ3n) is 6.07. The Morgan fingerprint density at radius 2 is 2.00 bits per heavy atom. The highest BCUT2D eigenvalue weighted by molar-refractivity contribution is 5.53. The van der Waals surface area contributed by atoms with Crippen LogP contribution in [0.3, 0.4) is 0 Å². The van der Waals surface area contributed by atoms with Gasteiger partial charge >= 0.3 is 0 Å². The van der Waals surface area contributed by atoms with E-state index in [1.807, 2.05) is 12.3 Å². The number of rotatable bonds is 7. The molecule has 23 heavy (non-hydrogen) atoms. The number of fused-ring (bicyclic) bond motifs is 1. The van der Waals surface area contributed by atoms with E-state index in [9.17, 15) is 0 Å². The van der Waals surface area contributed by atoms with Crippen LogP contribution in [0.5, 0.6) is 5.75 Å². The van der Waals surface area contributed by atoms with E-state index in [4.69, 9.17) is 4.74 Å². The topological polar surface area (TPSA) is 46.2 Å². The molecule has 0 amide bonds. The molecule has 1 aromatic rings. The molecular formula is C19H29N3O. The lowest BCUT2D eigenvalue weighted by atomic mass is 9.78. The number of hydrogen-bond donors (Lipinski definition) is 2. The molecule has 4 heteroatoms. The number of hydrogen-bond acceptors (Lipinski definition) is 4. The first kappa shape index (κ1) is 15.3. The van der Waals surface area contributed by atoms with Crippen molar-refractivity contribution in [2.45, 2.75) is 51.4 Å². The molecule has 1 spiro atoms. The van der Waals surface area contributed by atoms with Crippen LogP contribution in [0.2, 0.25) is 0 Å². The van der Waals surface area contributed by atoms with Crippen LogP contribution in [0.15, 0.2) is 12.3 Å². The second-order valence-electron chi connectivity index (χ2n) is 7.64. The Morgan fingerprint density at radius 3 is 2.83 bits per heavy atom. The minimum atomic E-state index is 0.788. The summed E-state index contributed by atoms with van der Waals surface area (Å²) in [7, 11) is 0. The smallest absolute Gasteiger partial charge is 0.133 e.